The second-order valence-corrected chi connectivity index (χ2v) is 8.02. The van der Waals surface area contributed by atoms with E-state index in [-0.39, 0.29) is 0 Å². The summed E-state index contributed by atoms with van der Waals surface area (Å²) in [7, 11) is 0. The molecule has 0 spiro atoms. The summed E-state index contributed by atoms with van der Waals surface area (Å²) >= 11 is 1.74. The van der Waals surface area contributed by atoms with Crippen LogP contribution in [0.2, 0.25) is 0 Å². The topological polar surface area (TPSA) is 79.4 Å². The largest absolute Gasteiger partial charge is 0.324 e. The Morgan fingerprint density at radius 2 is 1.84 bits per heavy atom. The third kappa shape index (κ3) is 4.60. The zero-order chi connectivity index (χ0) is 21.6. The molecular formula is C24H22N6S. The van der Waals surface area contributed by atoms with Gasteiger partial charge in [0.25, 0.3) is 0 Å². The van der Waals surface area contributed by atoms with Crippen molar-refractivity contribution in [1.29, 1.82) is 5.26 Å². The Balaban J connectivity index is 1.71. The van der Waals surface area contributed by atoms with Crippen LogP contribution in [-0.2, 0) is 0 Å². The summed E-state index contributed by atoms with van der Waals surface area (Å²) in [6.45, 7) is 4.24. The quantitative estimate of drug-likeness (QED) is 0.379. The van der Waals surface area contributed by atoms with Gasteiger partial charge in [0.1, 0.15) is 5.03 Å². The fourth-order valence-electron chi connectivity index (χ4n) is 3.21. The van der Waals surface area contributed by atoms with Gasteiger partial charge >= 0.3 is 0 Å². The second-order valence-electron chi connectivity index (χ2n) is 6.94. The molecule has 154 valence electrons. The third-order valence-electron chi connectivity index (χ3n) is 4.71. The Morgan fingerprint density at radius 1 is 1.06 bits per heavy atom. The third-order valence-corrected chi connectivity index (χ3v) is 5.88. The van der Waals surface area contributed by atoms with Gasteiger partial charge in [-0.15, -0.1) is 11.8 Å². The van der Waals surface area contributed by atoms with Gasteiger partial charge in [-0.1, -0.05) is 25.1 Å². The predicted octanol–water partition coefficient (Wildman–Crippen LogP) is 5.76. The van der Waals surface area contributed by atoms with Crippen molar-refractivity contribution in [2.24, 2.45) is 0 Å². The normalized spacial score (nSPS) is 10.6. The maximum atomic E-state index is 8.97. The molecule has 0 amide bonds. The van der Waals surface area contributed by atoms with E-state index >= 15 is 0 Å². The first-order chi connectivity index (χ1) is 15.2. The van der Waals surface area contributed by atoms with Crippen LogP contribution < -0.4 is 5.32 Å². The first-order valence-corrected chi connectivity index (χ1v) is 11.1. The zero-order valence-electron chi connectivity index (χ0n) is 17.4. The van der Waals surface area contributed by atoms with Gasteiger partial charge in [0.05, 0.1) is 34.3 Å². The number of nitrogens with zero attached hydrogens (tertiary/aromatic N) is 5. The van der Waals surface area contributed by atoms with Gasteiger partial charge in [-0.2, -0.15) is 10.4 Å². The van der Waals surface area contributed by atoms with Crippen molar-refractivity contribution in [3.63, 3.8) is 0 Å². The number of nitriles is 1. The first kappa shape index (κ1) is 20.6. The highest BCUT2D eigenvalue weighted by atomic mass is 32.2. The molecular weight excluding hydrogens is 404 g/mol. The van der Waals surface area contributed by atoms with Crippen molar-refractivity contribution in [2.45, 2.75) is 25.3 Å². The van der Waals surface area contributed by atoms with Gasteiger partial charge in [-0.05, 0) is 61.6 Å². The van der Waals surface area contributed by atoms with Crippen molar-refractivity contribution < 1.29 is 0 Å². The van der Waals surface area contributed by atoms with Crippen LogP contribution in [-0.4, -0.2) is 25.5 Å². The average molecular weight is 427 g/mol. The Hall–Kier alpha value is -3.63. The molecule has 0 atom stereocenters. The van der Waals surface area contributed by atoms with Gasteiger partial charge in [0, 0.05) is 11.9 Å². The molecule has 0 aliphatic heterocycles. The Bertz CT molecular complexity index is 1210. The molecule has 0 aliphatic rings. The summed E-state index contributed by atoms with van der Waals surface area (Å²) in [5.74, 6) is 1.49. The average Bonchev–Trinajstić information content (AvgIpc) is 3.15. The van der Waals surface area contributed by atoms with Crippen LogP contribution in [0, 0.1) is 18.3 Å². The lowest BCUT2D eigenvalue weighted by Crippen LogP contribution is -2.00. The minimum atomic E-state index is 0.500. The monoisotopic (exact) mass is 426 g/mol. The summed E-state index contributed by atoms with van der Waals surface area (Å²) < 4.78 is 1.98. The number of hydrogen-bond donors (Lipinski definition) is 1. The number of nitrogens with one attached hydrogen (secondary N) is 1. The van der Waals surface area contributed by atoms with Crippen LogP contribution in [0.1, 0.15) is 24.6 Å². The van der Waals surface area contributed by atoms with Crippen molar-refractivity contribution >= 4 is 23.4 Å². The molecule has 0 aliphatic carbocycles. The van der Waals surface area contributed by atoms with E-state index in [1.54, 1.807) is 30.1 Å². The molecule has 2 aromatic heterocycles. The Kier molecular flexibility index (Phi) is 6.29. The van der Waals surface area contributed by atoms with Crippen molar-refractivity contribution in [3.8, 4) is 23.0 Å². The first-order valence-electron chi connectivity index (χ1n) is 10.1. The van der Waals surface area contributed by atoms with Crippen molar-refractivity contribution in [2.75, 3.05) is 11.1 Å². The molecule has 7 heteroatoms. The van der Waals surface area contributed by atoms with E-state index in [4.69, 9.17) is 15.3 Å². The fraction of sp³-hybridized carbons (Fsp3) is 0.167. The Morgan fingerprint density at radius 3 is 2.55 bits per heavy atom. The van der Waals surface area contributed by atoms with Crippen LogP contribution in [0.25, 0.3) is 16.9 Å². The molecule has 6 nitrogen and oxygen atoms in total. The smallest absolute Gasteiger partial charge is 0.227 e. The molecule has 0 saturated carbocycles. The lowest BCUT2D eigenvalue weighted by atomic mass is 10.2. The highest BCUT2D eigenvalue weighted by Crippen LogP contribution is 2.34. The number of aromatic nitrogens is 4. The van der Waals surface area contributed by atoms with E-state index < -0.39 is 0 Å². The van der Waals surface area contributed by atoms with E-state index in [9.17, 15) is 0 Å². The number of hydrogen-bond acceptors (Lipinski definition) is 6. The molecule has 0 bridgehead atoms. The maximum absolute atomic E-state index is 8.97. The summed E-state index contributed by atoms with van der Waals surface area (Å²) in [6, 6.07) is 21.4. The molecule has 4 rings (SSSR count). The second kappa shape index (κ2) is 9.45. The predicted molar refractivity (Wildman–Crippen MR) is 125 cm³/mol. The SMILES string of the molecule is CCCSc1nn(-c2ccccc2)c(C)c1-c1ccnc(Nc2ccc(C#N)cc2)n1. The molecule has 4 aromatic rings. The lowest BCUT2D eigenvalue weighted by molar-refractivity contribution is 0.813. The molecule has 0 fully saturated rings. The minimum Gasteiger partial charge on any atom is -0.324 e. The van der Waals surface area contributed by atoms with Crippen LogP contribution >= 0.6 is 11.8 Å². The molecule has 2 heterocycles. The van der Waals surface area contributed by atoms with Gasteiger partial charge in [0.15, 0.2) is 0 Å². The summed E-state index contributed by atoms with van der Waals surface area (Å²) in [5, 5.41) is 18.1. The highest BCUT2D eigenvalue weighted by molar-refractivity contribution is 7.99. The molecule has 0 radical (unpaired) electrons. The number of para-hydroxylation sites is 1. The van der Waals surface area contributed by atoms with E-state index in [1.165, 1.54) is 0 Å². The standard InChI is InChI=1S/C24H22N6S/c1-3-15-31-23-22(17(2)30(29-23)20-7-5-4-6-8-20)21-13-14-26-24(28-21)27-19-11-9-18(16-25)10-12-19/h4-14H,3,15H2,1-2H3,(H,26,27,28). The molecule has 2 aromatic carbocycles. The van der Waals surface area contributed by atoms with E-state index in [1.807, 2.05) is 41.1 Å². The molecule has 0 unspecified atom stereocenters. The van der Waals surface area contributed by atoms with Gasteiger partial charge in [-0.25, -0.2) is 14.6 Å². The summed E-state index contributed by atoms with van der Waals surface area (Å²) in [4.78, 5) is 9.13. The van der Waals surface area contributed by atoms with Crippen LogP contribution in [0.15, 0.2) is 71.9 Å². The van der Waals surface area contributed by atoms with Crippen LogP contribution in [0.5, 0.6) is 0 Å². The van der Waals surface area contributed by atoms with Crippen molar-refractivity contribution in [3.05, 3.63) is 78.1 Å². The number of anilines is 2. The molecule has 0 saturated heterocycles. The molecule has 1 N–H and O–H groups in total. The minimum absolute atomic E-state index is 0.500. The van der Waals surface area contributed by atoms with Gasteiger partial charge in [0.2, 0.25) is 5.95 Å². The summed E-state index contributed by atoms with van der Waals surface area (Å²) in [5.41, 5.74) is 5.34. The lowest BCUT2D eigenvalue weighted by Gasteiger charge is -2.08. The van der Waals surface area contributed by atoms with E-state index in [2.05, 4.69) is 42.4 Å². The fourth-order valence-corrected chi connectivity index (χ4v) is 4.14. The van der Waals surface area contributed by atoms with Crippen LogP contribution in [0.3, 0.4) is 0 Å². The van der Waals surface area contributed by atoms with Crippen molar-refractivity contribution in [1.82, 2.24) is 19.7 Å². The zero-order valence-corrected chi connectivity index (χ0v) is 18.2. The van der Waals surface area contributed by atoms with Gasteiger partial charge in [-0.3, -0.25) is 0 Å². The number of benzene rings is 2. The highest BCUT2D eigenvalue weighted by Gasteiger charge is 2.19. The Labute approximate surface area is 186 Å². The van der Waals surface area contributed by atoms with E-state index in [0.29, 0.717) is 11.5 Å². The molecule has 31 heavy (non-hydrogen) atoms. The maximum Gasteiger partial charge on any atom is 0.227 e. The number of rotatable bonds is 7. The van der Waals surface area contributed by atoms with E-state index in [0.717, 1.165) is 45.5 Å². The number of thioether (sulfide) groups is 1. The summed E-state index contributed by atoms with van der Waals surface area (Å²) in [6.07, 6.45) is 2.82. The van der Waals surface area contributed by atoms with Gasteiger partial charge < -0.3 is 5.32 Å². The van der Waals surface area contributed by atoms with Crippen LogP contribution in [0.4, 0.5) is 11.6 Å².